The minimum absolute atomic E-state index is 0.331. The van der Waals surface area contributed by atoms with E-state index >= 15 is 0 Å². The third-order valence-electron chi connectivity index (χ3n) is 3.90. The van der Waals surface area contributed by atoms with Crippen LogP contribution in [0.25, 0.3) is 0 Å². The molecule has 1 amide bonds. The summed E-state index contributed by atoms with van der Waals surface area (Å²) in [5, 5.41) is 12.4. The molecular weight excluding hydrogens is 248 g/mol. The molecule has 2 aliphatic rings. The summed E-state index contributed by atoms with van der Waals surface area (Å²) in [5.41, 5.74) is -0.851. The highest BCUT2D eigenvalue weighted by Crippen LogP contribution is 2.41. The first-order chi connectivity index (χ1) is 8.73. The van der Waals surface area contributed by atoms with Crippen LogP contribution in [-0.4, -0.2) is 53.8 Å². The van der Waals surface area contributed by atoms with Gasteiger partial charge in [0.2, 0.25) is 0 Å². The quantitative estimate of drug-likeness (QED) is 0.740. The molecule has 0 saturated carbocycles. The second-order valence-corrected chi connectivity index (χ2v) is 6.54. The lowest BCUT2D eigenvalue weighted by atomic mass is 9.77. The van der Waals surface area contributed by atoms with E-state index in [-0.39, 0.29) is 11.5 Å². The fourth-order valence-corrected chi connectivity index (χ4v) is 2.96. The highest BCUT2D eigenvalue weighted by Gasteiger charge is 2.52. The van der Waals surface area contributed by atoms with Crippen LogP contribution < -0.4 is 5.32 Å². The van der Waals surface area contributed by atoms with E-state index in [2.05, 4.69) is 5.32 Å². The van der Waals surface area contributed by atoms with Gasteiger partial charge in [0.05, 0.1) is 5.92 Å². The average Bonchev–Trinajstić information content (AvgIpc) is 2.84. The van der Waals surface area contributed by atoms with Crippen molar-refractivity contribution in [3.63, 3.8) is 0 Å². The smallest absolute Gasteiger partial charge is 0.410 e. The van der Waals surface area contributed by atoms with Crippen LogP contribution in [0.4, 0.5) is 4.79 Å². The van der Waals surface area contributed by atoms with Gasteiger partial charge in [-0.2, -0.15) is 0 Å². The monoisotopic (exact) mass is 270 g/mol. The maximum atomic E-state index is 12.0. The Kier molecular flexibility index (Phi) is 3.47. The summed E-state index contributed by atoms with van der Waals surface area (Å²) in [6.45, 7) is 7.66. The summed E-state index contributed by atoms with van der Waals surface area (Å²) in [6, 6.07) is 0. The first-order valence-corrected chi connectivity index (χ1v) is 6.65. The minimum atomic E-state index is -0.781. The molecule has 0 bridgehead atoms. The van der Waals surface area contributed by atoms with Gasteiger partial charge < -0.3 is 20.1 Å². The molecule has 2 aliphatic heterocycles. The Morgan fingerprint density at radius 1 is 1.42 bits per heavy atom. The van der Waals surface area contributed by atoms with Gasteiger partial charge in [-0.15, -0.1) is 0 Å². The second-order valence-electron chi connectivity index (χ2n) is 6.54. The summed E-state index contributed by atoms with van der Waals surface area (Å²) in [4.78, 5) is 24.9. The second kappa shape index (κ2) is 4.67. The number of carboxylic acid groups (broad SMARTS) is 1. The number of hydrogen-bond acceptors (Lipinski definition) is 4. The van der Waals surface area contributed by atoms with Crippen molar-refractivity contribution in [2.45, 2.75) is 32.8 Å². The Bertz CT molecular complexity index is 391. The molecule has 2 N–H and O–H groups in total. The van der Waals surface area contributed by atoms with Gasteiger partial charge >= 0.3 is 12.1 Å². The summed E-state index contributed by atoms with van der Waals surface area (Å²) < 4.78 is 5.34. The van der Waals surface area contributed by atoms with Gasteiger partial charge in [0, 0.05) is 31.6 Å². The third kappa shape index (κ3) is 2.83. The number of carboxylic acids is 1. The minimum Gasteiger partial charge on any atom is -0.481 e. The van der Waals surface area contributed by atoms with E-state index in [1.54, 1.807) is 4.90 Å². The van der Waals surface area contributed by atoms with E-state index < -0.39 is 17.5 Å². The van der Waals surface area contributed by atoms with Gasteiger partial charge in [0.15, 0.2) is 0 Å². The molecule has 2 rings (SSSR count). The summed E-state index contributed by atoms with van der Waals surface area (Å²) in [5.74, 6) is -1.20. The average molecular weight is 270 g/mol. The van der Waals surface area contributed by atoms with Crippen molar-refractivity contribution >= 4 is 12.1 Å². The number of amides is 1. The van der Waals surface area contributed by atoms with Crippen molar-refractivity contribution in [1.82, 2.24) is 10.2 Å². The zero-order valence-electron chi connectivity index (χ0n) is 11.7. The first-order valence-electron chi connectivity index (χ1n) is 6.65. The molecule has 0 aliphatic carbocycles. The molecule has 6 nitrogen and oxygen atoms in total. The van der Waals surface area contributed by atoms with Crippen LogP contribution in [0.2, 0.25) is 0 Å². The summed E-state index contributed by atoms with van der Waals surface area (Å²) in [7, 11) is 0. The van der Waals surface area contributed by atoms with Crippen molar-refractivity contribution in [2.75, 3.05) is 26.2 Å². The van der Waals surface area contributed by atoms with Crippen LogP contribution in [-0.2, 0) is 9.53 Å². The van der Waals surface area contributed by atoms with Crippen molar-refractivity contribution in [3.05, 3.63) is 0 Å². The Morgan fingerprint density at radius 3 is 2.68 bits per heavy atom. The van der Waals surface area contributed by atoms with Gasteiger partial charge in [0.1, 0.15) is 5.60 Å². The van der Waals surface area contributed by atoms with Gasteiger partial charge in [-0.1, -0.05) is 0 Å². The number of carbonyl (C=O) groups is 2. The van der Waals surface area contributed by atoms with Gasteiger partial charge in [0.25, 0.3) is 0 Å². The highest BCUT2D eigenvalue weighted by atomic mass is 16.6. The summed E-state index contributed by atoms with van der Waals surface area (Å²) >= 11 is 0. The Labute approximate surface area is 113 Å². The fraction of sp³-hybridized carbons (Fsp3) is 0.846. The molecule has 0 radical (unpaired) electrons. The number of nitrogens with one attached hydrogen (secondary N) is 1. The maximum absolute atomic E-state index is 12.0. The number of likely N-dealkylation sites (tertiary alicyclic amines) is 1. The third-order valence-corrected chi connectivity index (χ3v) is 3.90. The van der Waals surface area contributed by atoms with E-state index in [0.29, 0.717) is 26.2 Å². The van der Waals surface area contributed by atoms with Gasteiger partial charge in [-0.25, -0.2) is 4.79 Å². The Hall–Kier alpha value is -1.30. The van der Waals surface area contributed by atoms with Crippen LogP contribution in [0, 0.1) is 11.3 Å². The number of aliphatic carboxylic acids is 1. The van der Waals surface area contributed by atoms with Crippen molar-refractivity contribution in [1.29, 1.82) is 0 Å². The summed E-state index contributed by atoms with van der Waals surface area (Å²) in [6.07, 6.45) is 0.372. The molecule has 0 aromatic carbocycles. The predicted molar refractivity (Wildman–Crippen MR) is 68.9 cm³/mol. The zero-order valence-corrected chi connectivity index (χ0v) is 11.7. The molecule has 19 heavy (non-hydrogen) atoms. The number of hydrogen-bond donors (Lipinski definition) is 2. The molecule has 6 heteroatoms. The lowest BCUT2D eigenvalue weighted by molar-refractivity contribution is -0.144. The van der Waals surface area contributed by atoms with Crippen LogP contribution in [0.1, 0.15) is 27.2 Å². The van der Waals surface area contributed by atoms with Crippen molar-refractivity contribution < 1.29 is 19.4 Å². The Morgan fingerprint density at radius 2 is 2.11 bits per heavy atom. The number of ether oxygens (including phenoxy) is 1. The molecular formula is C13H22N2O4. The van der Waals surface area contributed by atoms with Gasteiger partial charge in [-0.05, 0) is 27.2 Å². The van der Waals surface area contributed by atoms with Crippen LogP contribution in [0.3, 0.4) is 0 Å². The number of nitrogens with zero attached hydrogens (tertiary/aromatic N) is 1. The molecule has 2 heterocycles. The lowest BCUT2D eigenvalue weighted by Crippen LogP contribution is -2.41. The first kappa shape index (κ1) is 14.1. The standard InChI is InChI=1S/C13H22N2O4/c1-12(2,3)19-11(18)15-5-4-13(8-15)7-14-6-9(13)10(16)17/h9,14H,4-8H2,1-3H3,(H,16,17). The molecule has 108 valence electrons. The van der Waals surface area contributed by atoms with Gasteiger partial charge in [-0.3, -0.25) is 4.79 Å². The van der Waals surface area contributed by atoms with E-state index in [9.17, 15) is 14.7 Å². The highest BCUT2D eigenvalue weighted by molar-refractivity contribution is 5.73. The van der Waals surface area contributed by atoms with E-state index in [0.717, 1.165) is 6.42 Å². The fourth-order valence-electron chi connectivity index (χ4n) is 2.96. The SMILES string of the molecule is CC(C)(C)OC(=O)N1CCC2(CNCC2C(=O)O)C1. The van der Waals surface area contributed by atoms with Crippen molar-refractivity contribution in [2.24, 2.45) is 11.3 Å². The normalized spacial score (nSPS) is 30.9. The molecule has 2 unspecified atom stereocenters. The molecule has 0 aromatic rings. The Balaban J connectivity index is 2.03. The van der Waals surface area contributed by atoms with Crippen LogP contribution in [0.5, 0.6) is 0 Å². The predicted octanol–water partition coefficient (Wildman–Crippen LogP) is 0.918. The lowest BCUT2D eigenvalue weighted by Gasteiger charge is -2.28. The van der Waals surface area contributed by atoms with Crippen LogP contribution >= 0.6 is 0 Å². The number of rotatable bonds is 1. The number of carbonyl (C=O) groups excluding carboxylic acids is 1. The molecule has 0 aromatic heterocycles. The van der Waals surface area contributed by atoms with E-state index in [1.807, 2.05) is 20.8 Å². The van der Waals surface area contributed by atoms with Crippen LogP contribution in [0.15, 0.2) is 0 Å². The molecule has 2 fully saturated rings. The largest absolute Gasteiger partial charge is 0.481 e. The van der Waals surface area contributed by atoms with Crippen molar-refractivity contribution in [3.8, 4) is 0 Å². The molecule has 1 spiro atoms. The topological polar surface area (TPSA) is 78.9 Å². The maximum Gasteiger partial charge on any atom is 0.410 e. The molecule has 2 atom stereocenters. The molecule has 2 saturated heterocycles. The van der Waals surface area contributed by atoms with E-state index in [4.69, 9.17) is 4.74 Å². The zero-order chi connectivity index (χ0) is 14.3. The van der Waals surface area contributed by atoms with E-state index in [1.165, 1.54) is 0 Å².